The average molecular weight is 483 g/mol. The zero-order chi connectivity index (χ0) is 25.3. The summed E-state index contributed by atoms with van der Waals surface area (Å²) in [5.74, 6) is 1.37. The molecule has 0 aliphatic heterocycles. The van der Waals surface area contributed by atoms with Gasteiger partial charge in [0.25, 0.3) is 0 Å². The molecule has 7 N–H and O–H groups in total. The first-order valence-corrected chi connectivity index (χ1v) is 13.3. The van der Waals surface area contributed by atoms with Gasteiger partial charge in [0.2, 0.25) is 0 Å². The SMILES string of the molecule is CC(C)CCC[C@@H](C)[C@H]1CCC2C3=C[C@@H](O)[C@@]4(O)C[C@@H](O)[C@H](O)C[C@]4(CO)[C@@]3(O)[C@H](O)C[C@@]21C. The maximum absolute atomic E-state index is 12.2. The Kier molecular flexibility index (Phi) is 6.86. The Morgan fingerprint density at radius 1 is 0.941 bits per heavy atom. The number of hydrogen-bond donors (Lipinski definition) is 7. The lowest BCUT2D eigenvalue weighted by Gasteiger charge is -2.67. The van der Waals surface area contributed by atoms with Gasteiger partial charge in [-0.3, -0.25) is 0 Å². The van der Waals surface area contributed by atoms with Crippen molar-refractivity contribution in [2.75, 3.05) is 6.61 Å². The van der Waals surface area contributed by atoms with Gasteiger partial charge in [-0.1, -0.05) is 53.0 Å². The van der Waals surface area contributed by atoms with Crippen LogP contribution in [0.3, 0.4) is 0 Å². The van der Waals surface area contributed by atoms with E-state index < -0.39 is 54.1 Å². The van der Waals surface area contributed by atoms with Crippen LogP contribution in [0.1, 0.15) is 79.1 Å². The number of rotatable bonds is 6. The summed E-state index contributed by atoms with van der Waals surface area (Å²) in [4.78, 5) is 0. The van der Waals surface area contributed by atoms with Crippen LogP contribution in [0.25, 0.3) is 0 Å². The molecule has 1 unspecified atom stereocenters. The van der Waals surface area contributed by atoms with Crippen molar-refractivity contribution in [3.63, 3.8) is 0 Å². The lowest BCUT2D eigenvalue weighted by Crippen LogP contribution is -2.79. The van der Waals surface area contributed by atoms with Crippen molar-refractivity contribution in [2.45, 2.75) is 115 Å². The summed E-state index contributed by atoms with van der Waals surface area (Å²) in [5.41, 5.74) is -5.66. The molecule has 3 saturated carbocycles. The highest BCUT2D eigenvalue weighted by Gasteiger charge is 2.76. The van der Waals surface area contributed by atoms with E-state index in [1.165, 1.54) is 12.5 Å². The van der Waals surface area contributed by atoms with Crippen molar-refractivity contribution in [1.82, 2.24) is 0 Å². The van der Waals surface area contributed by atoms with Gasteiger partial charge in [0, 0.05) is 6.42 Å². The molecule has 4 rings (SSSR count). The fourth-order valence-electron chi connectivity index (χ4n) is 8.75. The van der Waals surface area contributed by atoms with E-state index in [9.17, 15) is 35.7 Å². The lowest BCUT2D eigenvalue weighted by atomic mass is 9.42. The molecule has 3 fully saturated rings. The monoisotopic (exact) mass is 482 g/mol. The summed E-state index contributed by atoms with van der Waals surface area (Å²) in [6.45, 7) is 8.19. The molecular formula is C27H46O7. The topological polar surface area (TPSA) is 142 Å². The van der Waals surface area contributed by atoms with E-state index in [1.807, 2.05) is 0 Å². The minimum Gasteiger partial charge on any atom is -0.396 e. The van der Waals surface area contributed by atoms with Gasteiger partial charge in [0.1, 0.15) is 17.3 Å². The Labute approximate surface area is 203 Å². The van der Waals surface area contributed by atoms with E-state index in [0.29, 0.717) is 29.7 Å². The third-order valence-electron chi connectivity index (χ3n) is 10.6. The standard InChI is InChI=1S/C27H46O7/c1-15(2)6-5-7-16(3)17-8-9-18-19-10-22(31)26(33)12-21(30)20(29)11-25(26,14-28)27(19,34)23(32)13-24(17,18)4/h10,15-18,20-23,28-34H,5-9,11-14H2,1-4H3/t16-,17-,18?,20-,21-,22-,23-,24-,25-,26+,27+/m1/s1. The minimum absolute atomic E-state index is 0.106. The fourth-order valence-corrected chi connectivity index (χ4v) is 8.75. The largest absolute Gasteiger partial charge is 0.396 e. The van der Waals surface area contributed by atoms with Crippen molar-refractivity contribution in [3.05, 3.63) is 11.6 Å². The fraction of sp³-hybridized carbons (Fsp3) is 0.926. The molecule has 34 heavy (non-hydrogen) atoms. The number of hydrogen-bond acceptors (Lipinski definition) is 7. The van der Waals surface area contributed by atoms with E-state index in [1.54, 1.807) is 0 Å². The van der Waals surface area contributed by atoms with Gasteiger partial charge in [-0.25, -0.2) is 0 Å². The number of fused-ring (bicyclic) bond motifs is 5. The second-order valence-electron chi connectivity index (χ2n) is 12.8. The highest BCUT2D eigenvalue weighted by atomic mass is 16.4. The lowest BCUT2D eigenvalue weighted by molar-refractivity contribution is -0.311. The Balaban J connectivity index is 1.73. The third kappa shape index (κ3) is 3.41. The van der Waals surface area contributed by atoms with Crippen LogP contribution in [-0.4, -0.2) is 78.0 Å². The van der Waals surface area contributed by atoms with Crippen molar-refractivity contribution < 1.29 is 35.7 Å². The molecular weight excluding hydrogens is 436 g/mol. The minimum atomic E-state index is -2.07. The van der Waals surface area contributed by atoms with Crippen LogP contribution < -0.4 is 0 Å². The molecule has 0 amide bonds. The van der Waals surface area contributed by atoms with Crippen LogP contribution in [0.4, 0.5) is 0 Å². The van der Waals surface area contributed by atoms with Gasteiger partial charge in [-0.2, -0.15) is 0 Å². The highest BCUT2D eigenvalue weighted by Crippen LogP contribution is 2.69. The molecule has 0 aromatic heterocycles. The number of aliphatic hydroxyl groups is 7. The molecule has 7 nitrogen and oxygen atoms in total. The maximum Gasteiger partial charge on any atom is 0.123 e. The van der Waals surface area contributed by atoms with E-state index in [4.69, 9.17) is 0 Å². The smallest absolute Gasteiger partial charge is 0.123 e. The first-order chi connectivity index (χ1) is 15.8. The van der Waals surface area contributed by atoms with Gasteiger partial charge in [-0.05, 0) is 60.3 Å². The molecule has 7 heteroatoms. The maximum atomic E-state index is 12.2. The predicted octanol–water partition coefficient (Wildman–Crippen LogP) is 1.50. The van der Waals surface area contributed by atoms with Gasteiger partial charge < -0.3 is 35.7 Å². The van der Waals surface area contributed by atoms with Gasteiger partial charge in [-0.15, -0.1) is 0 Å². The molecule has 0 spiro atoms. The molecule has 4 aliphatic carbocycles. The van der Waals surface area contributed by atoms with Crippen LogP contribution >= 0.6 is 0 Å². The van der Waals surface area contributed by atoms with E-state index >= 15 is 0 Å². The summed E-state index contributed by atoms with van der Waals surface area (Å²) in [7, 11) is 0. The first kappa shape index (κ1) is 26.5. The second kappa shape index (κ2) is 8.79. The Morgan fingerprint density at radius 2 is 1.59 bits per heavy atom. The average Bonchev–Trinajstić information content (AvgIpc) is 3.09. The molecule has 0 aromatic carbocycles. The van der Waals surface area contributed by atoms with Crippen LogP contribution in [0.15, 0.2) is 11.6 Å². The first-order valence-electron chi connectivity index (χ1n) is 13.3. The zero-order valence-corrected chi connectivity index (χ0v) is 21.2. The molecule has 0 heterocycles. The van der Waals surface area contributed by atoms with E-state index in [0.717, 1.165) is 25.7 Å². The van der Waals surface area contributed by atoms with Crippen LogP contribution in [0.5, 0.6) is 0 Å². The summed E-state index contributed by atoms with van der Waals surface area (Å²) in [6.07, 6.45) is 0.983. The summed E-state index contributed by atoms with van der Waals surface area (Å²) in [5, 5.41) is 78.0. The van der Waals surface area contributed by atoms with Crippen LogP contribution in [-0.2, 0) is 0 Å². The van der Waals surface area contributed by atoms with E-state index in [2.05, 4.69) is 27.7 Å². The van der Waals surface area contributed by atoms with Crippen LogP contribution in [0.2, 0.25) is 0 Å². The van der Waals surface area contributed by atoms with Crippen molar-refractivity contribution in [2.24, 2.45) is 34.5 Å². The summed E-state index contributed by atoms with van der Waals surface area (Å²) >= 11 is 0. The molecule has 0 saturated heterocycles. The molecule has 0 aromatic rings. The third-order valence-corrected chi connectivity index (χ3v) is 10.6. The predicted molar refractivity (Wildman–Crippen MR) is 128 cm³/mol. The summed E-state index contributed by atoms with van der Waals surface area (Å²) in [6, 6.07) is 0. The normalized spacial score (nSPS) is 51.5. The van der Waals surface area contributed by atoms with Gasteiger partial charge in [0.15, 0.2) is 0 Å². The van der Waals surface area contributed by atoms with Gasteiger partial charge in [0.05, 0.1) is 30.3 Å². The molecule has 0 bridgehead atoms. The Morgan fingerprint density at radius 3 is 2.21 bits per heavy atom. The van der Waals surface area contributed by atoms with Crippen LogP contribution in [0, 0.1) is 34.5 Å². The molecule has 0 radical (unpaired) electrons. The molecule has 4 aliphatic rings. The van der Waals surface area contributed by atoms with Crippen molar-refractivity contribution >= 4 is 0 Å². The van der Waals surface area contributed by atoms with Crippen molar-refractivity contribution in [1.29, 1.82) is 0 Å². The summed E-state index contributed by atoms with van der Waals surface area (Å²) < 4.78 is 0. The molecule has 196 valence electrons. The van der Waals surface area contributed by atoms with E-state index in [-0.39, 0.29) is 17.8 Å². The second-order valence-corrected chi connectivity index (χ2v) is 12.8. The van der Waals surface area contributed by atoms with Gasteiger partial charge >= 0.3 is 0 Å². The quantitative estimate of drug-likeness (QED) is 0.285. The Hall–Kier alpha value is -0.540. The van der Waals surface area contributed by atoms with Crippen molar-refractivity contribution in [3.8, 4) is 0 Å². The zero-order valence-electron chi connectivity index (χ0n) is 21.2. The highest BCUT2D eigenvalue weighted by molar-refractivity contribution is 5.43. The Bertz CT molecular complexity index is 800. The number of aliphatic hydroxyl groups excluding tert-OH is 5. The molecule has 11 atom stereocenters.